The Morgan fingerprint density at radius 3 is 2.50 bits per heavy atom. The molecule has 5 nitrogen and oxygen atoms in total. The lowest BCUT2D eigenvalue weighted by molar-refractivity contribution is -0.121. The zero-order chi connectivity index (χ0) is 13.4. The molecule has 0 aliphatic carbocycles. The van der Waals surface area contributed by atoms with Gasteiger partial charge >= 0.3 is 0 Å². The molecule has 1 rings (SSSR count). The number of benzene rings is 1. The van der Waals surface area contributed by atoms with Crippen LogP contribution < -0.4 is 5.32 Å². The van der Waals surface area contributed by atoms with Crippen LogP contribution in [0.1, 0.15) is 18.4 Å². The predicted octanol–water partition coefficient (Wildman–Crippen LogP) is 1.01. The lowest BCUT2D eigenvalue weighted by Gasteiger charge is -2.04. The van der Waals surface area contributed by atoms with Crippen LogP contribution in [0.15, 0.2) is 30.3 Å². The minimum Gasteiger partial charge on any atom is -0.355 e. The number of carbonyl (C=O) groups is 1. The molecule has 6 heteroatoms. The number of aryl methyl sites for hydroxylation is 1. The Hall–Kier alpha value is -1.40. The molecular formula is C12H17NO4S. The van der Waals surface area contributed by atoms with Crippen molar-refractivity contribution in [2.75, 3.05) is 12.3 Å². The van der Waals surface area contributed by atoms with Gasteiger partial charge in [-0.2, -0.15) is 8.42 Å². The molecule has 0 heterocycles. The third kappa shape index (κ3) is 7.03. The van der Waals surface area contributed by atoms with Crippen molar-refractivity contribution in [2.45, 2.75) is 19.3 Å². The van der Waals surface area contributed by atoms with E-state index in [0.717, 1.165) is 6.42 Å². The van der Waals surface area contributed by atoms with Gasteiger partial charge < -0.3 is 5.32 Å². The van der Waals surface area contributed by atoms with Crippen molar-refractivity contribution in [2.24, 2.45) is 0 Å². The summed E-state index contributed by atoms with van der Waals surface area (Å²) in [5.74, 6) is -0.646. The summed E-state index contributed by atoms with van der Waals surface area (Å²) in [6.07, 6.45) is 1.87. The van der Waals surface area contributed by atoms with Gasteiger partial charge in [-0.1, -0.05) is 30.3 Å². The minimum absolute atomic E-state index is 0.0526. The maximum absolute atomic E-state index is 11.3. The van der Waals surface area contributed by atoms with Gasteiger partial charge in [-0.3, -0.25) is 9.35 Å². The molecule has 0 aromatic heterocycles. The van der Waals surface area contributed by atoms with Crippen LogP contribution in [0.25, 0.3) is 0 Å². The van der Waals surface area contributed by atoms with Crippen LogP contribution in [-0.2, 0) is 21.3 Å². The number of carbonyl (C=O) groups excluding carboxylic acids is 1. The van der Waals surface area contributed by atoms with E-state index in [0.29, 0.717) is 12.8 Å². The van der Waals surface area contributed by atoms with E-state index in [4.69, 9.17) is 4.55 Å². The highest BCUT2D eigenvalue weighted by Gasteiger charge is 2.06. The Bertz CT molecular complexity index is 470. The van der Waals surface area contributed by atoms with Crippen LogP contribution in [0, 0.1) is 0 Å². The summed E-state index contributed by atoms with van der Waals surface area (Å²) in [5.41, 5.74) is 1.17. The molecule has 100 valence electrons. The maximum atomic E-state index is 11.3. The standard InChI is InChI=1S/C12H17NO4S/c14-12(13-9-10-18(15,16)17)8-4-7-11-5-2-1-3-6-11/h1-3,5-6H,4,7-10H2,(H,13,14)(H,15,16,17). The molecule has 0 radical (unpaired) electrons. The summed E-state index contributed by atoms with van der Waals surface area (Å²) in [6, 6.07) is 9.82. The SMILES string of the molecule is O=C(CCCc1ccccc1)NCCS(=O)(=O)O. The van der Waals surface area contributed by atoms with Crippen LogP contribution in [-0.4, -0.2) is 31.2 Å². The molecule has 1 amide bonds. The Labute approximate surface area is 107 Å². The predicted molar refractivity (Wildman–Crippen MR) is 68.8 cm³/mol. The molecule has 0 bridgehead atoms. The summed E-state index contributed by atoms with van der Waals surface area (Å²) in [6.45, 7) is -0.0526. The molecule has 18 heavy (non-hydrogen) atoms. The number of rotatable bonds is 7. The van der Waals surface area contributed by atoms with Crippen LogP contribution >= 0.6 is 0 Å². The molecule has 0 fully saturated rings. The fraction of sp³-hybridized carbons (Fsp3) is 0.417. The molecule has 0 spiro atoms. The van der Waals surface area contributed by atoms with E-state index >= 15 is 0 Å². The van der Waals surface area contributed by atoms with Gasteiger partial charge in [-0.25, -0.2) is 0 Å². The van der Waals surface area contributed by atoms with Crippen LogP contribution in [0.5, 0.6) is 0 Å². The smallest absolute Gasteiger partial charge is 0.266 e. The van der Waals surface area contributed by atoms with Gasteiger partial charge in [0.15, 0.2) is 0 Å². The fourth-order valence-corrected chi connectivity index (χ4v) is 1.87. The summed E-state index contributed by atoms with van der Waals surface area (Å²) in [7, 11) is -4.00. The quantitative estimate of drug-likeness (QED) is 0.725. The summed E-state index contributed by atoms with van der Waals surface area (Å²) in [4.78, 5) is 11.3. The highest BCUT2D eigenvalue weighted by molar-refractivity contribution is 7.85. The van der Waals surface area contributed by atoms with Gasteiger partial charge in [-0.15, -0.1) is 0 Å². The van der Waals surface area contributed by atoms with Crippen molar-refractivity contribution in [1.29, 1.82) is 0 Å². The van der Waals surface area contributed by atoms with E-state index in [1.807, 2.05) is 30.3 Å². The largest absolute Gasteiger partial charge is 0.355 e. The van der Waals surface area contributed by atoms with Crippen molar-refractivity contribution < 1.29 is 17.8 Å². The van der Waals surface area contributed by atoms with Gasteiger partial charge in [0.25, 0.3) is 10.1 Å². The number of amides is 1. The van der Waals surface area contributed by atoms with E-state index in [-0.39, 0.29) is 12.5 Å². The maximum Gasteiger partial charge on any atom is 0.266 e. The highest BCUT2D eigenvalue weighted by atomic mass is 32.2. The van der Waals surface area contributed by atoms with Gasteiger partial charge in [0.05, 0.1) is 5.75 Å². The second kappa shape index (κ2) is 7.13. The Kier molecular flexibility index (Phi) is 5.80. The molecule has 1 aromatic carbocycles. The first-order chi connectivity index (χ1) is 8.47. The van der Waals surface area contributed by atoms with Gasteiger partial charge in [-0.05, 0) is 18.4 Å². The molecule has 0 aliphatic rings. The molecule has 1 aromatic rings. The van der Waals surface area contributed by atoms with Crippen molar-refractivity contribution >= 4 is 16.0 Å². The molecule has 0 unspecified atom stereocenters. The van der Waals surface area contributed by atoms with Crippen LogP contribution in [0.2, 0.25) is 0 Å². The lowest BCUT2D eigenvalue weighted by atomic mass is 10.1. The summed E-state index contributed by atoms with van der Waals surface area (Å²) < 4.78 is 29.3. The second-order valence-corrected chi connectivity index (χ2v) is 5.55. The van der Waals surface area contributed by atoms with Crippen LogP contribution in [0.4, 0.5) is 0 Å². The molecule has 0 saturated heterocycles. The van der Waals surface area contributed by atoms with E-state index in [1.165, 1.54) is 5.56 Å². The van der Waals surface area contributed by atoms with E-state index in [2.05, 4.69) is 5.32 Å². The van der Waals surface area contributed by atoms with Crippen molar-refractivity contribution in [3.8, 4) is 0 Å². The fourth-order valence-electron chi connectivity index (χ4n) is 1.51. The van der Waals surface area contributed by atoms with Crippen LogP contribution in [0.3, 0.4) is 0 Å². The van der Waals surface area contributed by atoms with Crippen molar-refractivity contribution in [3.05, 3.63) is 35.9 Å². The van der Waals surface area contributed by atoms with Gasteiger partial charge in [0.1, 0.15) is 0 Å². The van der Waals surface area contributed by atoms with Crippen molar-refractivity contribution in [1.82, 2.24) is 5.32 Å². The third-order valence-electron chi connectivity index (χ3n) is 2.39. The number of nitrogens with one attached hydrogen (secondary N) is 1. The summed E-state index contributed by atoms with van der Waals surface area (Å²) >= 11 is 0. The van der Waals surface area contributed by atoms with E-state index in [1.54, 1.807) is 0 Å². The molecule has 0 aliphatic heterocycles. The lowest BCUT2D eigenvalue weighted by Crippen LogP contribution is -2.28. The molecular weight excluding hydrogens is 254 g/mol. The Morgan fingerprint density at radius 2 is 1.89 bits per heavy atom. The minimum atomic E-state index is -4.00. The van der Waals surface area contributed by atoms with Gasteiger partial charge in [0, 0.05) is 13.0 Å². The van der Waals surface area contributed by atoms with Crippen molar-refractivity contribution in [3.63, 3.8) is 0 Å². The second-order valence-electron chi connectivity index (χ2n) is 3.98. The number of hydrogen-bond donors (Lipinski definition) is 2. The normalized spacial score (nSPS) is 11.2. The molecule has 0 atom stereocenters. The topological polar surface area (TPSA) is 83.5 Å². The Morgan fingerprint density at radius 1 is 1.22 bits per heavy atom. The first-order valence-corrected chi connectivity index (χ1v) is 7.34. The number of hydrogen-bond acceptors (Lipinski definition) is 3. The van der Waals surface area contributed by atoms with E-state index in [9.17, 15) is 13.2 Å². The Balaban J connectivity index is 2.14. The average molecular weight is 271 g/mol. The zero-order valence-electron chi connectivity index (χ0n) is 10.0. The molecule has 2 N–H and O–H groups in total. The van der Waals surface area contributed by atoms with Gasteiger partial charge in [0.2, 0.25) is 5.91 Å². The zero-order valence-corrected chi connectivity index (χ0v) is 10.8. The summed E-state index contributed by atoms with van der Waals surface area (Å²) in [5, 5.41) is 2.45. The first-order valence-electron chi connectivity index (χ1n) is 5.73. The molecule has 0 saturated carbocycles. The monoisotopic (exact) mass is 271 g/mol. The highest BCUT2D eigenvalue weighted by Crippen LogP contribution is 2.04. The first kappa shape index (κ1) is 14.7. The average Bonchev–Trinajstić information content (AvgIpc) is 2.28. The third-order valence-corrected chi connectivity index (χ3v) is 3.11. The van der Waals surface area contributed by atoms with E-state index < -0.39 is 15.9 Å².